The van der Waals surface area contributed by atoms with Gasteiger partial charge in [0.2, 0.25) is 0 Å². The molecule has 0 saturated carbocycles. The van der Waals surface area contributed by atoms with E-state index < -0.39 is 5.82 Å². The van der Waals surface area contributed by atoms with Crippen LogP contribution in [0.15, 0.2) is 67.0 Å². The van der Waals surface area contributed by atoms with E-state index in [9.17, 15) is 9.18 Å². The predicted molar refractivity (Wildman–Crippen MR) is 128 cm³/mol. The Hall–Kier alpha value is -3.48. The van der Waals surface area contributed by atoms with Crippen molar-refractivity contribution in [2.75, 3.05) is 0 Å². The molecule has 0 saturated heterocycles. The van der Waals surface area contributed by atoms with E-state index in [1.807, 2.05) is 24.3 Å². The molecule has 0 bridgehead atoms. The molecule has 0 fully saturated rings. The molecule has 5 aromatic rings. The maximum absolute atomic E-state index is 14.4. The van der Waals surface area contributed by atoms with Crippen LogP contribution in [0.5, 0.6) is 0 Å². The fourth-order valence-electron chi connectivity index (χ4n) is 3.75. The molecule has 0 unspecified atom stereocenters. The van der Waals surface area contributed by atoms with Crippen LogP contribution < -0.4 is 5.32 Å². The fourth-order valence-corrected chi connectivity index (χ4v) is 4.12. The third-order valence-corrected chi connectivity index (χ3v) is 5.94. The molecule has 0 spiro atoms. The summed E-state index contributed by atoms with van der Waals surface area (Å²) in [6.45, 7) is 0.0417. The van der Waals surface area contributed by atoms with Crippen molar-refractivity contribution in [1.29, 1.82) is 0 Å². The highest BCUT2D eigenvalue weighted by atomic mass is 35.5. The van der Waals surface area contributed by atoms with Crippen molar-refractivity contribution in [2.45, 2.75) is 13.0 Å². The summed E-state index contributed by atoms with van der Waals surface area (Å²) in [6.07, 6.45) is 3.75. The van der Waals surface area contributed by atoms with E-state index in [2.05, 4.69) is 20.3 Å². The number of carbonyl (C=O) groups excluding carboxylic acids is 1. The van der Waals surface area contributed by atoms with Gasteiger partial charge >= 0.3 is 0 Å². The Morgan fingerprint density at radius 3 is 2.82 bits per heavy atom. The Morgan fingerprint density at radius 2 is 1.94 bits per heavy atom. The molecule has 0 radical (unpaired) electrons. The first-order valence-electron chi connectivity index (χ1n) is 10.2. The summed E-state index contributed by atoms with van der Waals surface area (Å²) >= 11 is 12.1. The molecule has 8 heteroatoms. The highest BCUT2D eigenvalue weighted by Crippen LogP contribution is 2.26. The summed E-state index contributed by atoms with van der Waals surface area (Å²) in [5.74, 6) is -0.723. The number of nitrogens with zero attached hydrogens (tertiary/aromatic N) is 2. The number of hydrogen-bond donors (Lipinski definition) is 2. The van der Waals surface area contributed by atoms with Crippen molar-refractivity contribution in [3.05, 3.63) is 105 Å². The molecule has 0 aliphatic rings. The first-order chi connectivity index (χ1) is 16.0. The maximum Gasteiger partial charge on any atom is 0.251 e. The molecule has 0 aliphatic carbocycles. The van der Waals surface area contributed by atoms with Crippen molar-refractivity contribution in [3.8, 4) is 0 Å². The van der Waals surface area contributed by atoms with E-state index in [0.29, 0.717) is 38.6 Å². The average molecular weight is 479 g/mol. The van der Waals surface area contributed by atoms with Gasteiger partial charge in [0.25, 0.3) is 5.91 Å². The lowest BCUT2D eigenvalue weighted by Crippen LogP contribution is -2.23. The summed E-state index contributed by atoms with van der Waals surface area (Å²) in [5, 5.41) is 5.42. The van der Waals surface area contributed by atoms with Gasteiger partial charge in [-0.2, -0.15) is 0 Å². The molecule has 5 rings (SSSR count). The molecule has 2 aromatic carbocycles. The van der Waals surface area contributed by atoms with E-state index in [1.54, 1.807) is 36.7 Å². The molecule has 0 atom stereocenters. The van der Waals surface area contributed by atoms with Crippen molar-refractivity contribution >= 4 is 50.9 Å². The number of rotatable bonds is 5. The fraction of sp³-hybridized carbons (Fsp3) is 0.0800. The summed E-state index contributed by atoms with van der Waals surface area (Å²) in [4.78, 5) is 24.3. The minimum Gasteiger partial charge on any atom is -0.360 e. The summed E-state index contributed by atoms with van der Waals surface area (Å²) < 4.78 is 14.4. The Morgan fingerprint density at radius 1 is 1.06 bits per heavy atom. The first kappa shape index (κ1) is 21.4. The number of halogens is 3. The highest BCUT2D eigenvalue weighted by Gasteiger charge is 2.12. The van der Waals surface area contributed by atoms with E-state index in [1.165, 1.54) is 6.07 Å². The SMILES string of the molecule is O=C(NCc1cc2c(Cl)c[nH]c2cc1F)c1ccnc(Cc2ccc3nc(Cl)ccc3c2)c1. The summed E-state index contributed by atoms with van der Waals surface area (Å²) in [5.41, 5.74) is 4.02. The van der Waals surface area contributed by atoms with E-state index in [4.69, 9.17) is 23.2 Å². The number of aromatic amines is 1. The molecule has 3 heterocycles. The lowest BCUT2D eigenvalue weighted by atomic mass is 10.0. The van der Waals surface area contributed by atoms with Crippen LogP contribution in [0.2, 0.25) is 10.2 Å². The van der Waals surface area contributed by atoms with Crippen molar-refractivity contribution < 1.29 is 9.18 Å². The molecule has 2 N–H and O–H groups in total. The number of H-pyrrole nitrogens is 1. The van der Waals surface area contributed by atoms with Crippen LogP contribution >= 0.6 is 23.2 Å². The van der Waals surface area contributed by atoms with Gasteiger partial charge in [0.15, 0.2) is 0 Å². The van der Waals surface area contributed by atoms with E-state index in [0.717, 1.165) is 22.2 Å². The summed E-state index contributed by atoms with van der Waals surface area (Å²) in [6, 6.07) is 16.0. The molecular formula is C25H17Cl2FN4O. The number of hydrogen-bond acceptors (Lipinski definition) is 3. The predicted octanol–water partition coefficient (Wildman–Crippen LogP) is 6.08. The second kappa shape index (κ2) is 8.81. The molecule has 5 nitrogen and oxygen atoms in total. The lowest BCUT2D eigenvalue weighted by molar-refractivity contribution is 0.0950. The molecule has 1 amide bonds. The van der Waals surface area contributed by atoms with Gasteiger partial charge in [-0.1, -0.05) is 29.3 Å². The smallest absolute Gasteiger partial charge is 0.251 e. The first-order valence-corrected chi connectivity index (χ1v) is 11.0. The number of pyridine rings is 2. The standard InChI is InChI=1S/C25H17Cl2FN4O/c26-20-13-30-23-11-21(28)17(10-19(20)23)12-31-25(33)16-5-6-29-18(9-16)8-14-1-3-22-15(7-14)2-4-24(27)32-22/h1-7,9-11,13,30H,8,12H2,(H,31,33). The summed E-state index contributed by atoms with van der Waals surface area (Å²) in [7, 11) is 0. The minimum atomic E-state index is -0.413. The second-order valence-electron chi connectivity index (χ2n) is 7.68. The zero-order valence-electron chi connectivity index (χ0n) is 17.2. The van der Waals surface area contributed by atoms with E-state index >= 15 is 0 Å². The third kappa shape index (κ3) is 4.53. The van der Waals surface area contributed by atoms with Crippen molar-refractivity contribution in [1.82, 2.24) is 20.3 Å². The number of carbonyl (C=O) groups is 1. The Bertz CT molecular complexity index is 1520. The number of amides is 1. The molecule has 3 aromatic heterocycles. The van der Waals surface area contributed by atoms with Gasteiger partial charge in [0.05, 0.1) is 10.5 Å². The molecule has 0 aliphatic heterocycles. The largest absolute Gasteiger partial charge is 0.360 e. The van der Waals surface area contributed by atoms with Crippen LogP contribution in [0.4, 0.5) is 4.39 Å². The number of nitrogens with one attached hydrogen (secondary N) is 2. The maximum atomic E-state index is 14.4. The number of aromatic nitrogens is 3. The van der Waals surface area contributed by atoms with Gasteiger partial charge in [-0.25, -0.2) is 9.37 Å². The molecule has 33 heavy (non-hydrogen) atoms. The average Bonchev–Trinajstić information content (AvgIpc) is 3.17. The minimum absolute atomic E-state index is 0.0417. The Kier molecular flexibility index (Phi) is 5.70. The topological polar surface area (TPSA) is 70.7 Å². The van der Waals surface area contributed by atoms with Crippen LogP contribution in [0, 0.1) is 5.82 Å². The van der Waals surface area contributed by atoms with E-state index in [-0.39, 0.29) is 12.5 Å². The van der Waals surface area contributed by atoms with Gasteiger partial charge in [-0.05, 0) is 54.1 Å². The van der Waals surface area contributed by atoms with Crippen LogP contribution in [-0.4, -0.2) is 20.9 Å². The van der Waals surface area contributed by atoms with Crippen molar-refractivity contribution in [3.63, 3.8) is 0 Å². The Labute approximate surface area is 198 Å². The second-order valence-corrected chi connectivity index (χ2v) is 8.48. The zero-order valence-corrected chi connectivity index (χ0v) is 18.7. The van der Waals surface area contributed by atoms with Crippen LogP contribution in [0.1, 0.15) is 27.2 Å². The third-order valence-electron chi connectivity index (χ3n) is 5.42. The quantitative estimate of drug-likeness (QED) is 0.300. The molecular weight excluding hydrogens is 462 g/mol. The van der Waals surface area contributed by atoms with Crippen molar-refractivity contribution in [2.24, 2.45) is 0 Å². The number of fused-ring (bicyclic) bond motifs is 2. The highest BCUT2D eigenvalue weighted by molar-refractivity contribution is 6.35. The monoisotopic (exact) mass is 478 g/mol. The van der Waals surface area contributed by atoms with Crippen LogP contribution in [0.3, 0.4) is 0 Å². The van der Waals surface area contributed by atoms with Crippen LogP contribution in [-0.2, 0) is 13.0 Å². The number of benzene rings is 2. The van der Waals surface area contributed by atoms with Gasteiger partial charge in [0.1, 0.15) is 11.0 Å². The van der Waals surface area contributed by atoms with Gasteiger partial charge in [-0.15, -0.1) is 0 Å². The Balaban J connectivity index is 1.30. The lowest BCUT2D eigenvalue weighted by Gasteiger charge is -2.09. The molecule has 164 valence electrons. The van der Waals surface area contributed by atoms with Gasteiger partial charge in [0, 0.05) is 58.5 Å². The zero-order chi connectivity index (χ0) is 22.9. The van der Waals surface area contributed by atoms with Gasteiger partial charge < -0.3 is 10.3 Å². The normalized spacial score (nSPS) is 11.2. The van der Waals surface area contributed by atoms with Gasteiger partial charge in [-0.3, -0.25) is 9.78 Å². The van der Waals surface area contributed by atoms with Crippen LogP contribution in [0.25, 0.3) is 21.8 Å².